The first-order chi connectivity index (χ1) is 19.9. The van der Waals surface area contributed by atoms with Crippen LogP contribution in [0.25, 0.3) is 5.69 Å². The molecular weight excluding hydrogens is 528 g/mol. The number of hydrogen-bond acceptors (Lipinski definition) is 10. The minimum atomic E-state index is -0.962. The Hall–Kier alpha value is -5.41. The number of aromatic nitrogens is 2. The monoisotopic (exact) mass is 556 g/mol. The summed E-state index contributed by atoms with van der Waals surface area (Å²) in [5, 5.41) is 17.2. The van der Waals surface area contributed by atoms with Gasteiger partial charge in [-0.2, -0.15) is 10.4 Å². The van der Waals surface area contributed by atoms with Gasteiger partial charge in [0, 0.05) is 25.5 Å². The molecule has 1 aromatic heterocycles. The van der Waals surface area contributed by atoms with Crippen molar-refractivity contribution in [2.75, 3.05) is 39.4 Å². The number of carbonyl (C=O) groups excluding carboxylic acids is 3. The highest BCUT2D eigenvalue weighted by Crippen LogP contribution is 2.43. The van der Waals surface area contributed by atoms with Crippen molar-refractivity contribution >= 4 is 23.5 Å². The lowest BCUT2D eigenvalue weighted by Gasteiger charge is -2.35. The Kier molecular flexibility index (Phi) is 8.81. The number of anilines is 1. The second kappa shape index (κ2) is 12.6. The molecule has 2 aromatic carbocycles. The van der Waals surface area contributed by atoms with Crippen LogP contribution in [0.5, 0.6) is 0 Å². The maximum absolute atomic E-state index is 13.2. The molecule has 12 nitrogen and oxygen atoms in total. The molecule has 1 unspecified atom stereocenters. The van der Waals surface area contributed by atoms with Crippen LogP contribution in [0.1, 0.15) is 22.0 Å². The molecule has 41 heavy (non-hydrogen) atoms. The molecule has 3 aromatic rings. The number of ether oxygens (including phenoxy) is 3. The fraction of sp³-hybridized carbons (Fsp3) is 0.207. The van der Waals surface area contributed by atoms with E-state index in [0.717, 1.165) is 0 Å². The molecule has 4 rings (SSSR count). The summed E-state index contributed by atoms with van der Waals surface area (Å²) in [7, 11) is 3.92. The van der Waals surface area contributed by atoms with E-state index >= 15 is 0 Å². The van der Waals surface area contributed by atoms with E-state index < -0.39 is 17.9 Å². The molecule has 0 spiro atoms. The number of nitrogens with one attached hydrogen (secondary N) is 1. The molecule has 1 amide bonds. The van der Waals surface area contributed by atoms with Crippen molar-refractivity contribution in [2.24, 2.45) is 5.73 Å². The zero-order valence-corrected chi connectivity index (χ0v) is 22.7. The number of hydrogen-bond donors (Lipinski definition) is 2. The Labute approximate surface area is 236 Å². The van der Waals surface area contributed by atoms with Gasteiger partial charge in [0.25, 0.3) is 5.91 Å². The van der Waals surface area contributed by atoms with Crippen molar-refractivity contribution in [2.45, 2.75) is 5.92 Å². The van der Waals surface area contributed by atoms with E-state index in [0.29, 0.717) is 30.1 Å². The summed E-state index contributed by atoms with van der Waals surface area (Å²) in [6.45, 7) is 0.725. The van der Waals surface area contributed by atoms with Crippen LogP contribution < -0.4 is 16.0 Å². The van der Waals surface area contributed by atoms with Crippen LogP contribution in [0, 0.1) is 11.3 Å². The summed E-state index contributed by atoms with van der Waals surface area (Å²) in [6.07, 6.45) is 1.63. The van der Waals surface area contributed by atoms with Crippen molar-refractivity contribution in [3.8, 4) is 11.8 Å². The van der Waals surface area contributed by atoms with Crippen molar-refractivity contribution in [1.82, 2.24) is 15.1 Å². The molecule has 0 saturated carbocycles. The molecule has 1 atom stereocenters. The normalized spacial score (nSPS) is 14.9. The van der Waals surface area contributed by atoms with Gasteiger partial charge >= 0.3 is 11.9 Å². The highest BCUT2D eigenvalue weighted by atomic mass is 16.5. The molecule has 0 aliphatic carbocycles. The number of rotatable bonds is 9. The standard InChI is InChI=1S/C29H28N6O6/c1-39-16-14-32-27(36)22-13-15-34(33-22)19-9-11-20(12-10-19)35-25(29(38)41-3)24(28(37)40-2)23(21(17-30)26(35)31)18-7-5-4-6-8-18/h4-13,15,23H,14,16,31H2,1-3H3,(H,32,36). The van der Waals surface area contributed by atoms with Crippen molar-refractivity contribution in [3.05, 3.63) is 101 Å². The third kappa shape index (κ3) is 5.66. The number of benzene rings is 2. The van der Waals surface area contributed by atoms with E-state index in [4.69, 9.17) is 19.9 Å². The third-order valence-electron chi connectivity index (χ3n) is 6.40. The van der Waals surface area contributed by atoms with Crippen LogP contribution in [-0.2, 0) is 23.8 Å². The molecule has 0 fully saturated rings. The van der Waals surface area contributed by atoms with Crippen LogP contribution in [0.2, 0.25) is 0 Å². The second-order valence-electron chi connectivity index (χ2n) is 8.75. The minimum Gasteiger partial charge on any atom is -0.466 e. The van der Waals surface area contributed by atoms with Crippen LogP contribution in [0.3, 0.4) is 0 Å². The van der Waals surface area contributed by atoms with Gasteiger partial charge in [-0.25, -0.2) is 14.3 Å². The number of allylic oxidation sites excluding steroid dienone is 1. The maximum Gasteiger partial charge on any atom is 0.355 e. The summed E-state index contributed by atoms with van der Waals surface area (Å²) >= 11 is 0. The summed E-state index contributed by atoms with van der Waals surface area (Å²) in [6, 6.07) is 19.1. The van der Waals surface area contributed by atoms with Gasteiger partial charge < -0.3 is 25.3 Å². The number of amides is 1. The van der Waals surface area contributed by atoms with Crippen LogP contribution in [0.4, 0.5) is 5.69 Å². The average Bonchev–Trinajstić information content (AvgIpc) is 3.51. The summed E-state index contributed by atoms with van der Waals surface area (Å²) in [5.74, 6) is -3.00. The van der Waals surface area contributed by atoms with Gasteiger partial charge in [-0.1, -0.05) is 30.3 Å². The first-order valence-corrected chi connectivity index (χ1v) is 12.4. The SMILES string of the molecule is COCCNC(=O)c1ccn(-c2ccc(N3C(N)=C(C#N)C(c4ccccc4)C(C(=O)OC)=C3C(=O)OC)cc2)n1. The highest BCUT2D eigenvalue weighted by molar-refractivity contribution is 6.06. The smallest absolute Gasteiger partial charge is 0.355 e. The Morgan fingerprint density at radius 2 is 1.63 bits per heavy atom. The lowest BCUT2D eigenvalue weighted by molar-refractivity contribution is -0.139. The van der Waals surface area contributed by atoms with Gasteiger partial charge in [-0.05, 0) is 35.9 Å². The second-order valence-corrected chi connectivity index (χ2v) is 8.75. The topological polar surface area (TPSA) is 162 Å². The van der Waals surface area contributed by atoms with E-state index in [1.807, 2.05) is 0 Å². The molecule has 12 heteroatoms. The van der Waals surface area contributed by atoms with Crippen LogP contribution in [-0.4, -0.2) is 62.1 Å². The van der Waals surface area contributed by atoms with E-state index in [-0.39, 0.29) is 34.3 Å². The van der Waals surface area contributed by atoms with E-state index in [9.17, 15) is 19.6 Å². The molecule has 1 aliphatic rings. The molecule has 210 valence electrons. The average molecular weight is 557 g/mol. The first kappa shape index (κ1) is 28.6. The van der Waals surface area contributed by atoms with Crippen molar-refractivity contribution < 1.29 is 28.6 Å². The maximum atomic E-state index is 13.2. The molecule has 0 saturated heterocycles. The van der Waals surface area contributed by atoms with Gasteiger partial charge in [0.15, 0.2) is 5.69 Å². The Morgan fingerprint density at radius 1 is 0.976 bits per heavy atom. The number of nitriles is 1. The fourth-order valence-electron chi connectivity index (χ4n) is 4.48. The number of methoxy groups -OCH3 is 3. The molecule has 2 heterocycles. The number of carbonyl (C=O) groups is 3. The van der Waals surface area contributed by atoms with Gasteiger partial charge in [-0.3, -0.25) is 9.69 Å². The number of nitrogens with zero attached hydrogens (tertiary/aromatic N) is 4. The van der Waals surface area contributed by atoms with Gasteiger partial charge in [0.1, 0.15) is 11.5 Å². The number of esters is 2. The highest BCUT2D eigenvalue weighted by Gasteiger charge is 2.42. The third-order valence-corrected chi connectivity index (χ3v) is 6.40. The largest absolute Gasteiger partial charge is 0.466 e. The van der Waals surface area contributed by atoms with Crippen molar-refractivity contribution in [1.29, 1.82) is 5.26 Å². The number of nitrogens with two attached hydrogens (primary N) is 1. The Bertz CT molecular complexity index is 1550. The molecular formula is C29H28N6O6. The molecule has 3 N–H and O–H groups in total. The molecule has 0 bridgehead atoms. The van der Waals surface area contributed by atoms with E-state index in [2.05, 4.69) is 16.5 Å². The predicted molar refractivity (Wildman–Crippen MR) is 147 cm³/mol. The predicted octanol–water partition coefficient (Wildman–Crippen LogP) is 2.15. The fourth-order valence-corrected chi connectivity index (χ4v) is 4.48. The van der Waals surface area contributed by atoms with Crippen LogP contribution in [0.15, 0.2) is 89.5 Å². The lowest BCUT2D eigenvalue weighted by atomic mass is 9.81. The van der Waals surface area contributed by atoms with Crippen molar-refractivity contribution in [3.63, 3.8) is 0 Å². The summed E-state index contributed by atoms with van der Waals surface area (Å²) < 4.78 is 16.6. The quantitative estimate of drug-likeness (QED) is 0.295. The zero-order chi connectivity index (χ0) is 29.5. The van der Waals surface area contributed by atoms with Gasteiger partial charge in [0.05, 0.1) is 49.6 Å². The lowest BCUT2D eigenvalue weighted by Crippen LogP contribution is -2.40. The van der Waals surface area contributed by atoms with Gasteiger partial charge in [-0.15, -0.1) is 0 Å². The minimum absolute atomic E-state index is 0.0451. The first-order valence-electron chi connectivity index (χ1n) is 12.4. The Balaban J connectivity index is 1.78. The molecule has 0 radical (unpaired) electrons. The van der Waals surface area contributed by atoms with Gasteiger partial charge in [0.2, 0.25) is 0 Å². The summed E-state index contributed by atoms with van der Waals surface area (Å²) in [5.41, 5.74) is 8.10. The van der Waals surface area contributed by atoms with Crippen LogP contribution >= 0.6 is 0 Å². The molecule has 1 aliphatic heterocycles. The van der Waals surface area contributed by atoms with E-state index in [1.54, 1.807) is 74.0 Å². The Morgan fingerprint density at radius 3 is 2.24 bits per heavy atom. The zero-order valence-electron chi connectivity index (χ0n) is 22.7. The van der Waals surface area contributed by atoms with E-state index in [1.165, 1.54) is 23.8 Å². The summed E-state index contributed by atoms with van der Waals surface area (Å²) in [4.78, 5) is 40.0.